The Morgan fingerprint density at radius 2 is 1.82 bits per heavy atom. The van der Waals surface area contributed by atoms with Gasteiger partial charge in [0.15, 0.2) is 0 Å². The number of halogens is 1. The Morgan fingerprint density at radius 1 is 1.00 bits per heavy atom. The maximum Gasteiger partial charge on any atom is 0.258 e. The van der Waals surface area contributed by atoms with Crippen LogP contribution in [0.2, 0.25) is 5.02 Å². The van der Waals surface area contributed by atoms with Gasteiger partial charge in [0, 0.05) is 68.3 Å². The van der Waals surface area contributed by atoms with E-state index in [9.17, 15) is 4.79 Å². The highest BCUT2D eigenvalue weighted by Crippen LogP contribution is 2.29. The Kier molecular flexibility index (Phi) is 5.65. The summed E-state index contributed by atoms with van der Waals surface area (Å²) in [5, 5.41) is 8.28. The summed E-state index contributed by atoms with van der Waals surface area (Å²) in [5.41, 5.74) is 3.01. The van der Waals surface area contributed by atoms with E-state index in [0.29, 0.717) is 22.2 Å². The van der Waals surface area contributed by atoms with Gasteiger partial charge in [-0.25, -0.2) is 9.97 Å². The zero-order valence-electron chi connectivity index (χ0n) is 18.4. The predicted octanol–water partition coefficient (Wildman–Crippen LogP) is 3.08. The number of pyridine rings is 3. The standard InChI is InChI=1S/C23H23ClN8O/c1-30-5-7-32(8-6-30)22-21(24)18(3-4-25-22)23(33)29-20-10-15-9-16(11-26-19(15)13-27-20)17-12-28-31(2)14-17/h3-4,9-14H,5-8H2,1-2H3,(H,27,29,33). The molecule has 10 heteroatoms. The van der Waals surface area contributed by atoms with Crippen molar-refractivity contribution in [1.29, 1.82) is 0 Å². The first kappa shape index (κ1) is 21.3. The lowest BCUT2D eigenvalue weighted by atomic mass is 10.1. The molecule has 33 heavy (non-hydrogen) atoms. The van der Waals surface area contributed by atoms with Crippen molar-refractivity contribution in [2.24, 2.45) is 7.05 Å². The molecule has 0 spiro atoms. The topological polar surface area (TPSA) is 92.1 Å². The number of amides is 1. The van der Waals surface area contributed by atoms with Crippen molar-refractivity contribution in [2.45, 2.75) is 0 Å². The normalized spacial score (nSPS) is 14.6. The van der Waals surface area contributed by atoms with E-state index < -0.39 is 0 Å². The first-order valence-corrected chi connectivity index (χ1v) is 11.0. The summed E-state index contributed by atoms with van der Waals surface area (Å²) in [5.74, 6) is 0.724. The molecule has 1 amide bonds. The van der Waals surface area contributed by atoms with Crippen LogP contribution in [0.1, 0.15) is 10.4 Å². The molecule has 0 radical (unpaired) electrons. The van der Waals surface area contributed by atoms with Gasteiger partial charge in [0.05, 0.1) is 28.5 Å². The van der Waals surface area contributed by atoms with E-state index in [0.717, 1.165) is 48.2 Å². The summed E-state index contributed by atoms with van der Waals surface area (Å²) in [6.45, 7) is 3.47. The maximum atomic E-state index is 13.0. The molecule has 5 heterocycles. The molecule has 0 aliphatic carbocycles. The average molecular weight is 463 g/mol. The highest BCUT2D eigenvalue weighted by molar-refractivity contribution is 6.36. The van der Waals surface area contributed by atoms with E-state index in [4.69, 9.17) is 11.6 Å². The van der Waals surface area contributed by atoms with Gasteiger partial charge in [-0.15, -0.1) is 0 Å². The lowest BCUT2D eigenvalue weighted by molar-refractivity contribution is 0.102. The van der Waals surface area contributed by atoms with Crippen LogP contribution in [-0.4, -0.2) is 68.8 Å². The smallest absolute Gasteiger partial charge is 0.258 e. The van der Waals surface area contributed by atoms with Crippen molar-refractivity contribution in [3.8, 4) is 11.1 Å². The molecule has 4 aromatic heterocycles. The van der Waals surface area contributed by atoms with E-state index >= 15 is 0 Å². The van der Waals surface area contributed by atoms with Crippen molar-refractivity contribution < 1.29 is 4.79 Å². The Labute approximate surface area is 196 Å². The molecule has 1 N–H and O–H groups in total. The van der Waals surface area contributed by atoms with Gasteiger partial charge in [-0.1, -0.05) is 11.6 Å². The number of likely N-dealkylation sites (N-methyl/N-ethyl adjacent to an activating group) is 1. The number of aryl methyl sites for hydroxylation is 1. The van der Waals surface area contributed by atoms with Crippen LogP contribution >= 0.6 is 11.6 Å². The third-order valence-electron chi connectivity index (χ3n) is 5.77. The highest BCUT2D eigenvalue weighted by atomic mass is 35.5. The average Bonchev–Trinajstić information content (AvgIpc) is 3.25. The number of carbonyl (C=O) groups excluding carboxylic acids is 1. The van der Waals surface area contributed by atoms with Crippen LogP contribution in [0.5, 0.6) is 0 Å². The fourth-order valence-corrected chi connectivity index (χ4v) is 4.18. The number of hydrogen-bond donors (Lipinski definition) is 1. The van der Waals surface area contributed by atoms with Crippen molar-refractivity contribution in [1.82, 2.24) is 29.6 Å². The van der Waals surface area contributed by atoms with Gasteiger partial charge in [-0.2, -0.15) is 5.10 Å². The van der Waals surface area contributed by atoms with Crippen LogP contribution in [0.15, 0.2) is 49.2 Å². The molecular weight excluding hydrogens is 440 g/mol. The number of nitrogens with zero attached hydrogens (tertiary/aromatic N) is 7. The number of rotatable bonds is 4. The SMILES string of the molecule is CN1CCN(c2nccc(C(=O)Nc3cc4cc(-c5cnn(C)c5)cnc4cn3)c2Cl)CC1. The summed E-state index contributed by atoms with van der Waals surface area (Å²) < 4.78 is 1.74. The van der Waals surface area contributed by atoms with Gasteiger partial charge in [0.2, 0.25) is 0 Å². The Hall–Kier alpha value is -3.56. The van der Waals surface area contributed by atoms with Gasteiger partial charge in [-0.05, 0) is 25.2 Å². The van der Waals surface area contributed by atoms with Crippen LogP contribution in [0.4, 0.5) is 11.6 Å². The summed E-state index contributed by atoms with van der Waals surface area (Å²) in [4.78, 5) is 30.6. The van der Waals surface area contributed by atoms with Crippen LogP contribution in [-0.2, 0) is 7.05 Å². The first-order valence-electron chi connectivity index (χ1n) is 10.6. The summed E-state index contributed by atoms with van der Waals surface area (Å²) in [6.07, 6.45) is 8.76. The number of carbonyl (C=O) groups is 1. The zero-order valence-corrected chi connectivity index (χ0v) is 19.1. The van der Waals surface area contributed by atoms with Crippen molar-refractivity contribution >= 4 is 40.0 Å². The minimum absolute atomic E-state index is 0.332. The second-order valence-corrected chi connectivity index (χ2v) is 8.51. The molecule has 168 valence electrons. The molecule has 1 aliphatic rings. The molecule has 0 unspecified atom stereocenters. The monoisotopic (exact) mass is 462 g/mol. The number of anilines is 2. The summed E-state index contributed by atoms with van der Waals surface area (Å²) in [6, 6.07) is 5.43. The van der Waals surface area contributed by atoms with Crippen molar-refractivity contribution in [3.63, 3.8) is 0 Å². The number of piperazine rings is 1. The molecule has 5 rings (SSSR count). The minimum Gasteiger partial charge on any atom is -0.353 e. The number of fused-ring (bicyclic) bond motifs is 1. The second-order valence-electron chi connectivity index (χ2n) is 8.13. The lowest BCUT2D eigenvalue weighted by Crippen LogP contribution is -2.45. The third-order valence-corrected chi connectivity index (χ3v) is 6.14. The van der Waals surface area contributed by atoms with E-state index in [2.05, 4.69) is 42.2 Å². The van der Waals surface area contributed by atoms with Gasteiger partial charge in [0.25, 0.3) is 5.91 Å². The molecule has 0 bridgehead atoms. The predicted molar refractivity (Wildman–Crippen MR) is 129 cm³/mol. The van der Waals surface area contributed by atoms with Crippen LogP contribution < -0.4 is 10.2 Å². The maximum absolute atomic E-state index is 13.0. The van der Waals surface area contributed by atoms with Crippen molar-refractivity contribution in [3.05, 3.63) is 59.8 Å². The van der Waals surface area contributed by atoms with Gasteiger partial charge >= 0.3 is 0 Å². The quantitative estimate of drug-likeness (QED) is 0.498. The molecule has 0 atom stereocenters. The lowest BCUT2D eigenvalue weighted by Gasteiger charge is -2.33. The van der Waals surface area contributed by atoms with E-state index in [1.165, 1.54) is 0 Å². The van der Waals surface area contributed by atoms with Gasteiger partial charge < -0.3 is 15.1 Å². The molecule has 0 aromatic carbocycles. The Morgan fingerprint density at radius 3 is 2.58 bits per heavy atom. The molecule has 0 saturated carbocycles. The largest absolute Gasteiger partial charge is 0.353 e. The molecule has 1 aliphatic heterocycles. The van der Waals surface area contributed by atoms with Crippen LogP contribution in [0.25, 0.3) is 22.0 Å². The highest BCUT2D eigenvalue weighted by Gasteiger charge is 2.22. The fraction of sp³-hybridized carbons (Fsp3) is 0.261. The summed E-state index contributed by atoms with van der Waals surface area (Å²) >= 11 is 6.61. The minimum atomic E-state index is -0.332. The van der Waals surface area contributed by atoms with Crippen LogP contribution in [0.3, 0.4) is 0 Å². The molecule has 1 fully saturated rings. The Bertz CT molecular complexity index is 1330. The van der Waals surface area contributed by atoms with Gasteiger partial charge in [-0.3, -0.25) is 14.5 Å². The number of aromatic nitrogens is 5. The molecule has 4 aromatic rings. The van der Waals surface area contributed by atoms with E-state index in [-0.39, 0.29) is 5.91 Å². The molecular formula is C23H23ClN8O. The molecule has 1 saturated heterocycles. The Balaban J connectivity index is 1.39. The van der Waals surface area contributed by atoms with E-state index in [1.807, 2.05) is 19.3 Å². The van der Waals surface area contributed by atoms with Crippen LogP contribution in [0, 0.1) is 0 Å². The second kappa shape index (κ2) is 8.76. The van der Waals surface area contributed by atoms with E-state index in [1.54, 1.807) is 41.6 Å². The number of nitrogens with one attached hydrogen (secondary N) is 1. The first-order chi connectivity index (χ1) is 16.0. The van der Waals surface area contributed by atoms with Crippen molar-refractivity contribution in [2.75, 3.05) is 43.4 Å². The fourth-order valence-electron chi connectivity index (χ4n) is 3.86. The number of hydrogen-bond acceptors (Lipinski definition) is 7. The van der Waals surface area contributed by atoms with Gasteiger partial charge in [0.1, 0.15) is 11.6 Å². The third kappa shape index (κ3) is 4.37. The summed E-state index contributed by atoms with van der Waals surface area (Å²) in [7, 11) is 3.96. The molecule has 9 nitrogen and oxygen atoms in total. The zero-order chi connectivity index (χ0) is 22.9.